The van der Waals surface area contributed by atoms with Gasteiger partial charge in [-0.05, 0) is 12.1 Å². The molecule has 9 heteroatoms. The number of fused-ring (bicyclic) bond motifs is 1. The van der Waals surface area contributed by atoms with Crippen molar-refractivity contribution in [3.05, 3.63) is 54.6 Å². The molecule has 0 saturated heterocycles. The van der Waals surface area contributed by atoms with Crippen molar-refractivity contribution in [2.24, 2.45) is 0 Å². The van der Waals surface area contributed by atoms with E-state index in [0.29, 0.717) is 34.5 Å². The fraction of sp³-hybridized carbons (Fsp3) is 0.105. The first kappa shape index (κ1) is 17.2. The number of aromatic nitrogens is 5. The van der Waals surface area contributed by atoms with Crippen LogP contribution in [0, 0.1) is 11.3 Å². The number of ether oxygens (including phenoxy) is 2. The molecule has 3 heterocycles. The minimum absolute atomic E-state index is 0.339. The molecule has 0 bridgehead atoms. The van der Waals surface area contributed by atoms with Gasteiger partial charge in [-0.3, -0.25) is 4.98 Å². The minimum atomic E-state index is 0.339. The first-order valence-corrected chi connectivity index (χ1v) is 8.28. The van der Waals surface area contributed by atoms with E-state index in [-0.39, 0.29) is 0 Å². The maximum Gasteiger partial charge on any atom is 0.247 e. The summed E-state index contributed by atoms with van der Waals surface area (Å²) in [6.45, 7) is 0. The van der Waals surface area contributed by atoms with Crippen LogP contribution in [0.1, 0.15) is 5.69 Å². The molecule has 0 aliphatic heterocycles. The molecule has 0 aliphatic carbocycles. The number of nitriles is 1. The highest BCUT2D eigenvalue weighted by Crippen LogP contribution is 2.28. The lowest BCUT2D eigenvalue weighted by molar-refractivity contribution is 0.395. The summed E-state index contributed by atoms with van der Waals surface area (Å²) in [6.07, 6.45) is 4.93. The molecule has 138 valence electrons. The predicted molar refractivity (Wildman–Crippen MR) is 102 cm³/mol. The first-order valence-electron chi connectivity index (χ1n) is 8.28. The van der Waals surface area contributed by atoms with Gasteiger partial charge in [-0.2, -0.15) is 10.2 Å². The van der Waals surface area contributed by atoms with Crippen molar-refractivity contribution in [3.63, 3.8) is 0 Å². The van der Waals surface area contributed by atoms with Gasteiger partial charge in [-0.25, -0.2) is 9.50 Å². The average molecular weight is 373 g/mol. The van der Waals surface area contributed by atoms with E-state index in [0.717, 1.165) is 11.3 Å². The zero-order valence-corrected chi connectivity index (χ0v) is 15.1. The molecule has 0 spiro atoms. The fourth-order valence-electron chi connectivity index (χ4n) is 2.68. The summed E-state index contributed by atoms with van der Waals surface area (Å²) in [4.78, 5) is 13.0. The lowest BCUT2D eigenvalue weighted by Crippen LogP contribution is -1.95. The van der Waals surface area contributed by atoms with Gasteiger partial charge in [-0.1, -0.05) is 0 Å². The number of hydrogen-bond donors (Lipinski definition) is 1. The van der Waals surface area contributed by atoms with Crippen LogP contribution in [-0.2, 0) is 0 Å². The van der Waals surface area contributed by atoms with Gasteiger partial charge in [0, 0.05) is 48.0 Å². The Kier molecular flexibility index (Phi) is 4.43. The summed E-state index contributed by atoms with van der Waals surface area (Å²) < 4.78 is 12.2. The molecule has 0 fully saturated rings. The Hall–Kier alpha value is -4.19. The van der Waals surface area contributed by atoms with Crippen LogP contribution in [0.2, 0.25) is 0 Å². The minimum Gasteiger partial charge on any atom is -0.497 e. The molecule has 0 atom stereocenters. The Bertz CT molecular complexity index is 1160. The van der Waals surface area contributed by atoms with Crippen molar-refractivity contribution in [1.29, 1.82) is 5.26 Å². The molecule has 9 nitrogen and oxygen atoms in total. The second-order valence-electron chi connectivity index (χ2n) is 5.75. The molecule has 0 radical (unpaired) electrons. The second-order valence-corrected chi connectivity index (χ2v) is 5.75. The molecule has 1 aromatic carbocycles. The van der Waals surface area contributed by atoms with E-state index in [1.165, 1.54) is 0 Å². The van der Waals surface area contributed by atoms with Crippen molar-refractivity contribution in [2.45, 2.75) is 0 Å². The van der Waals surface area contributed by atoms with Crippen LogP contribution in [-0.4, -0.2) is 38.8 Å². The van der Waals surface area contributed by atoms with Gasteiger partial charge >= 0.3 is 0 Å². The molecule has 4 aromatic rings. The van der Waals surface area contributed by atoms with Crippen LogP contribution in [0.25, 0.3) is 16.9 Å². The summed E-state index contributed by atoms with van der Waals surface area (Å²) in [5, 5.41) is 16.5. The molecular weight excluding hydrogens is 358 g/mol. The van der Waals surface area contributed by atoms with E-state index < -0.39 is 0 Å². The highest BCUT2D eigenvalue weighted by molar-refractivity contribution is 5.74. The van der Waals surface area contributed by atoms with Crippen LogP contribution in [0.3, 0.4) is 0 Å². The predicted octanol–water partition coefficient (Wildman–Crippen LogP) is 2.82. The average Bonchev–Trinajstić information content (AvgIpc) is 3.15. The Morgan fingerprint density at radius 3 is 2.50 bits per heavy atom. The normalized spacial score (nSPS) is 10.5. The molecular formula is C19H15N7O2. The van der Waals surface area contributed by atoms with E-state index in [2.05, 4.69) is 25.4 Å². The van der Waals surface area contributed by atoms with Gasteiger partial charge in [-0.15, -0.1) is 5.10 Å². The van der Waals surface area contributed by atoms with Crippen LogP contribution >= 0.6 is 0 Å². The summed E-state index contributed by atoms with van der Waals surface area (Å²) in [7, 11) is 3.18. The molecule has 0 unspecified atom stereocenters. The van der Waals surface area contributed by atoms with Crippen LogP contribution in [0.4, 0.5) is 11.6 Å². The summed E-state index contributed by atoms with van der Waals surface area (Å²) >= 11 is 0. The largest absolute Gasteiger partial charge is 0.497 e. The van der Waals surface area contributed by atoms with Gasteiger partial charge in [0.15, 0.2) is 5.65 Å². The SMILES string of the molecule is COc1cc(Nc2nc3c(-c4ccc(C#N)nc4)nccn3n2)cc(OC)c1. The molecule has 0 aliphatic rings. The number of hydrogen-bond acceptors (Lipinski definition) is 8. The lowest BCUT2D eigenvalue weighted by atomic mass is 10.2. The highest BCUT2D eigenvalue weighted by Gasteiger charge is 2.12. The zero-order valence-electron chi connectivity index (χ0n) is 15.1. The molecule has 28 heavy (non-hydrogen) atoms. The third kappa shape index (κ3) is 3.26. The Morgan fingerprint density at radius 1 is 1.07 bits per heavy atom. The van der Waals surface area contributed by atoms with Gasteiger partial charge < -0.3 is 14.8 Å². The van der Waals surface area contributed by atoms with Crippen molar-refractivity contribution in [3.8, 4) is 28.8 Å². The van der Waals surface area contributed by atoms with Crippen molar-refractivity contribution < 1.29 is 9.47 Å². The van der Waals surface area contributed by atoms with Crippen LogP contribution in [0.5, 0.6) is 11.5 Å². The molecule has 1 N–H and O–H groups in total. The Labute approximate surface area is 160 Å². The van der Waals surface area contributed by atoms with E-state index in [4.69, 9.17) is 14.7 Å². The number of pyridine rings is 1. The highest BCUT2D eigenvalue weighted by atomic mass is 16.5. The van der Waals surface area contributed by atoms with Gasteiger partial charge in [0.05, 0.1) is 14.2 Å². The van der Waals surface area contributed by atoms with Crippen molar-refractivity contribution >= 4 is 17.3 Å². The third-order valence-corrected chi connectivity index (χ3v) is 4.01. The van der Waals surface area contributed by atoms with Crippen LogP contribution in [0.15, 0.2) is 48.9 Å². The second kappa shape index (κ2) is 7.20. The number of nitrogens with zero attached hydrogens (tertiary/aromatic N) is 6. The standard InChI is InChI=1S/C19H15N7O2/c1-27-15-7-14(8-16(9-15)28-2)23-19-24-18-17(21-5-6-26(18)25-19)12-3-4-13(10-20)22-11-12/h3-9,11H,1-2H3,(H,23,25). The number of anilines is 2. The lowest BCUT2D eigenvalue weighted by Gasteiger charge is -2.08. The topological polar surface area (TPSA) is 110 Å². The first-order chi connectivity index (χ1) is 13.7. The number of rotatable bonds is 5. The molecule has 3 aromatic heterocycles. The number of benzene rings is 1. The van der Waals surface area contributed by atoms with Crippen molar-refractivity contribution in [1.82, 2.24) is 24.6 Å². The van der Waals surface area contributed by atoms with Gasteiger partial charge in [0.2, 0.25) is 5.95 Å². The van der Waals surface area contributed by atoms with E-state index in [9.17, 15) is 0 Å². The number of methoxy groups -OCH3 is 2. The van der Waals surface area contributed by atoms with Crippen LogP contribution < -0.4 is 14.8 Å². The Balaban J connectivity index is 1.71. The zero-order chi connectivity index (χ0) is 19.5. The quantitative estimate of drug-likeness (QED) is 0.569. The van der Waals surface area contributed by atoms with Gasteiger partial charge in [0.1, 0.15) is 29.0 Å². The van der Waals surface area contributed by atoms with Gasteiger partial charge in [0.25, 0.3) is 0 Å². The molecule has 0 amide bonds. The third-order valence-electron chi connectivity index (χ3n) is 4.01. The molecule has 4 rings (SSSR count). The van der Waals surface area contributed by atoms with E-state index >= 15 is 0 Å². The fourth-order valence-corrected chi connectivity index (χ4v) is 2.68. The summed E-state index contributed by atoms with van der Waals surface area (Å²) in [5.41, 5.74) is 2.98. The number of nitrogens with one attached hydrogen (secondary N) is 1. The summed E-state index contributed by atoms with van der Waals surface area (Å²) in [5.74, 6) is 1.69. The van der Waals surface area contributed by atoms with Crippen molar-refractivity contribution in [2.75, 3.05) is 19.5 Å². The Morgan fingerprint density at radius 2 is 1.86 bits per heavy atom. The molecule has 0 saturated carbocycles. The maximum atomic E-state index is 8.91. The van der Waals surface area contributed by atoms with E-state index in [1.54, 1.807) is 55.5 Å². The summed E-state index contributed by atoms with van der Waals surface area (Å²) in [6, 6.07) is 10.8. The van der Waals surface area contributed by atoms with E-state index in [1.807, 2.05) is 18.2 Å². The maximum absolute atomic E-state index is 8.91. The smallest absolute Gasteiger partial charge is 0.247 e. The monoisotopic (exact) mass is 373 g/mol.